The first-order valence-electron chi connectivity index (χ1n) is 11.9. The van der Waals surface area contributed by atoms with Crippen molar-refractivity contribution in [1.29, 1.82) is 0 Å². The van der Waals surface area contributed by atoms with Crippen LogP contribution < -0.4 is 0 Å². The number of carbonyl (C=O) groups is 1. The van der Waals surface area contributed by atoms with Crippen LogP contribution >= 0.6 is 11.8 Å². The monoisotopic (exact) mass is 424 g/mol. The molecule has 4 saturated carbocycles. The van der Waals surface area contributed by atoms with Crippen molar-refractivity contribution in [3.8, 4) is 0 Å². The zero-order chi connectivity index (χ0) is 20.9. The van der Waals surface area contributed by atoms with E-state index in [2.05, 4.69) is 13.8 Å². The standard InChI is InChI=1S/C24H40O4S/c1-4-28-21(26)14-29-15-24(27)12-9-20-18-6-5-16-13-17(25)7-10-22(16,2)19(18)8-11-23(20,24)3/h16-20,25,27H,4-15H2,1-3H3/t16-,17-,18?,19?,20?,22+,23+,24+/m1/s1. The zero-order valence-corrected chi connectivity index (χ0v) is 19.3. The van der Waals surface area contributed by atoms with Crippen LogP contribution in [0.25, 0.3) is 0 Å². The summed E-state index contributed by atoms with van der Waals surface area (Å²) in [6.07, 6.45) is 9.86. The number of esters is 1. The number of ether oxygens (including phenoxy) is 1. The Morgan fingerprint density at radius 2 is 1.83 bits per heavy atom. The van der Waals surface area contributed by atoms with E-state index in [4.69, 9.17) is 4.74 Å². The van der Waals surface area contributed by atoms with Gasteiger partial charge in [-0.25, -0.2) is 0 Å². The van der Waals surface area contributed by atoms with Crippen LogP contribution in [-0.4, -0.2) is 46.0 Å². The third-order valence-corrected chi connectivity index (χ3v) is 10.9. The van der Waals surface area contributed by atoms with Crippen molar-refractivity contribution in [2.75, 3.05) is 18.1 Å². The van der Waals surface area contributed by atoms with Gasteiger partial charge in [0.15, 0.2) is 0 Å². The molecular formula is C24H40O4S. The molecule has 3 unspecified atom stereocenters. The van der Waals surface area contributed by atoms with Crippen LogP contribution in [0.2, 0.25) is 0 Å². The maximum atomic E-state index is 11.7. The van der Waals surface area contributed by atoms with E-state index in [-0.39, 0.29) is 17.5 Å². The molecule has 0 spiro atoms. The lowest BCUT2D eigenvalue weighted by Crippen LogP contribution is -2.57. The molecule has 4 aliphatic carbocycles. The van der Waals surface area contributed by atoms with Crippen LogP contribution in [0.4, 0.5) is 0 Å². The number of thioether (sulfide) groups is 1. The van der Waals surface area contributed by atoms with Gasteiger partial charge in [0.2, 0.25) is 0 Å². The fraction of sp³-hybridized carbons (Fsp3) is 0.958. The summed E-state index contributed by atoms with van der Waals surface area (Å²) in [6, 6.07) is 0. The number of aliphatic hydroxyl groups is 2. The number of fused-ring (bicyclic) bond motifs is 5. The third kappa shape index (κ3) is 3.57. The van der Waals surface area contributed by atoms with Crippen LogP contribution in [0.3, 0.4) is 0 Å². The average Bonchev–Trinajstić information content (AvgIpc) is 2.94. The second kappa shape index (κ2) is 8.02. The van der Waals surface area contributed by atoms with Crippen LogP contribution in [0, 0.1) is 34.5 Å². The van der Waals surface area contributed by atoms with E-state index in [1.54, 1.807) is 11.8 Å². The highest BCUT2D eigenvalue weighted by Crippen LogP contribution is 2.68. The Balaban J connectivity index is 1.46. The minimum Gasteiger partial charge on any atom is -0.465 e. The Morgan fingerprint density at radius 1 is 1.07 bits per heavy atom. The molecule has 4 fully saturated rings. The first-order chi connectivity index (χ1) is 13.7. The SMILES string of the molecule is CCOC(=O)CSC[C@@]1(O)CCC2C3CC[C@@H]4C[C@H](O)CC[C@]4(C)C3CC[C@@]21C. The van der Waals surface area contributed by atoms with E-state index < -0.39 is 5.60 Å². The van der Waals surface area contributed by atoms with Gasteiger partial charge in [0.25, 0.3) is 0 Å². The van der Waals surface area contributed by atoms with Crippen molar-refractivity contribution in [3.05, 3.63) is 0 Å². The normalized spacial score (nSPS) is 49.1. The molecule has 0 heterocycles. The maximum absolute atomic E-state index is 11.7. The number of hydrogen-bond donors (Lipinski definition) is 2. The van der Waals surface area contributed by atoms with E-state index >= 15 is 0 Å². The van der Waals surface area contributed by atoms with Gasteiger partial charge in [-0.1, -0.05) is 13.8 Å². The van der Waals surface area contributed by atoms with Crippen molar-refractivity contribution < 1.29 is 19.7 Å². The molecule has 5 heteroatoms. The third-order valence-electron chi connectivity index (χ3n) is 9.83. The van der Waals surface area contributed by atoms with E-state index in [1.807, 2.05) is 6.92 Å². The summed E-state index contributed by atoms with van der Waals surface area (Å²) in [7, 11) is 0. The zero-order valence-electron chi connectivity index (χ0n) is 18.5. The number of rotatable bonds is 5. The fourth-order valence-electron chi connectivity index (χ4n) is 8.09. The predicted molar refractivity (Wildman–Crippen MR) is 117 cm³/mol. The first kappa shape index (κ1) is 22.0. The number of carbonyl (C=O) groups excluding carboxylic acids is 1. The summed E-state index contributed by atoms with van der Waals surface area (Å²) in [5, 5.41) is 21.9. The van der Waals surface area contributed by atoms with Gasteiger partial charge in [-0.2, -0.15) is 0 Å². The van der Waals surface area contributed by atoms with Gasteiger partial charge in [-0.15, -0.1) is 11.8 Å². The van der Waals surface area contributed by atoms with Crippen molar-refractivity contribution in [2.45, 2.75) is 90.3 Å². The summed E-state index contributed by atoms with van der Waals surface area (Å²) in [4.78, 5) is 11.7. The van der Waals surface area contributed by atoms with E-state index in [0.29, 0.717) is 41.3 Å². The molecule has 2 N–H and O–H groups in total. The van der Waals surface area contributed by atoms with E-state index in [1.165, 1.54) is 25.7 Å². The average molecular weight is 425 g/mol. The van der Waals surface area contributed by atoms with E-state index in [9.17, 15) is 15.0 Å². The summed E-state index contributed by atoms with van der Waals surface area (Å²) >= 11 is 1.55. The number of hydrogen-bond acceptors (Lipinski definition) is 5. The molecule has 166 valence electrons. The fourth-order valence-corrected chi connectivity index (χ4v) is 9.25. The topological polar surface area (TPSA) is 66.8 Å². The Labute approximate surface area is 180 Å². The van der Waals surface area contributed by atoms with Crippen LogP contribution in [-0.2, 0) is 9.53 Å². The molecule has 0 bridgehead atoms. The lowest BCUT2D eigenvalue weighted by atomic mass is 9.44. The van der Waals surface area contributed by atoms with Gasteiger partial charge >= 0.3 is 5.97 Å². The van der Waals surface area contributed by atoms with Gasteiger partial charge in [0.05, 0.1) is 24.1 Å². The molecule has 0 radical (unpaired) electrons. The second-order valence-corrected chi connectivity index (χ2v) is 11.9. The summed E-state index contributed by atoms with van der Waals surface area (Å²) < 4.78 is 5.05. The molecule has 4 aliphatic rings. The highest BCUT2D eigenvalue weighted by atomic mass is 32.2. The highest BCUT2D eigenvalue weighted by Gasteiger charge is 2.64. The predicted octanol–water partition coefficient (Wildman–Crippen LogP) is 4.42. The Bertz CT molecular complexity index is 626. The minimum absolute atomic E-state index is 0.0345. The summed E-state index contributed by atoms with van der Waals surface area (Å²) in [6.45, 7) is 7.10. The quantitative estimate of drug-likeness (QED) is 0.640. The van der Waals surface area contributed by atoms with Crippen LogP contribution in [0.1, 0.15) is 78.6 Å². The highest BCUT2D eigenvalue weighted by molar-refractivity contribution is 8.00. The molecule has 0 aliphatic heterocycles. The van der Waals surface area contributed by atoms with Gasteiger partial charge in [-0.05, 0) is 93.8 Å². The Morgan fingerprint density at radius 3 is 2.59 bits per heavy atom. The first-order valence-corrected chi connectivity index (χ1v) is 13.0. The van der Waals surface area contributed by atoms with Crippen molar-refractivity contribution in [3.63, 3.8) is 0 Å². The summed E-state index contributed by atoms with van der Waals surface area (Å²) in [5.74, 6) is 3.55. The molecular weight excluding hydrogens is 384 g/mol. The molecule has 0 aromatic carbocycles. The van der Waals surface area contributed by atoms with Gasteiger partial charge < -0.3 is 14.9 Å². The second-order valence-electron chi connectivity index (χ2n) is 10.9. The largest absolute Gasteiger partial charge is 0.465 e. The van der Waals surface area contributed by atoms with Gasteiger partial charge in [0.1, 0.15) is 0 Å². The maximum Gasteiger partial charge on any atom is 0.315 e. The Hall–Kier alpha value is -0.260. The van der Waals surface area contributed by atoms with Crippen molar-refractivity contribution in [2.24, 2.45) is 34.5 Å². The Kier molecular flexibility index (Phi) is 6.07. The van der Waals surface area contributed by atoms with Crippen molar-refractivity contribution >= 4 is 17.7 Å². The number of aliphatic hydroxyl groups excluding tert-OH is 1. The minimum atomic E-state index is -0.666. The molecule has 0 amide bonds. The molecule has 8 atom stereocenters. The molecule has 0 aromatic heterocycles. The molecule has 4 nitrogen and oxygen atoms in total. The smallest absolute Gasteiger partial charge is 0.315 e. The molecule has 0 aromatic rings. The van der Waals surface area contributed by atoms with Gasteiger partial charge in [0, 0.05) is 11.2 Å². The molecule has 4 rings (SSSR count). The van der Waals surface area contributed by atoms with Gasteiger partial charge in [-0.3, -0.25) is 4.79 Å². The lowest BCUT2D eigenvalue weighted by molar-refractivity contribution is -0.152. The van der Waals surface area contributed by atoms with Crippen molar-refractivity contribution in [1.82, 2.24) is 0 Å². The van der Waals surface area contributed by atoms with E-state index in [0.717, 1.165) is 38.0 Å². The lowest BCUT2D eigenvalue weighted by Gasteiger charge is -2.61. The molecule has 0 saturated heterocycles. The van der Waals surface area contributed by atoms with Crippen LogP contribution in [0.5, 0.6) is 0 Å². The molecule has 29 heavy (non-hydrogen) atoms. The van der Waals surface area contributed by atoms with Crippen LogP contribution in [0.15, 0.2) is 0 Å². The summed E-state index contributed by atoms with van der Waals surface area (Å²) in [5.41, 5.74) is -0.323.